The third-order valence-electron chi connectivity index (χ3n) is 3.69. The zero-order chi connectivity index (χ0) is 15.4. The van der Waals surface area contributed by atoms with Gasteiger partial charge in [0, 0.05) is 48.1 Å². The van der Waals surface area contributed by atoms with Crippen molar-refractivity contribution in [3.63, 3.8) is 0 Å². The van der Waals surface area contributed by atoms with Crippen molar-refractivity contribution < 1.29 is 0 Å². The van der Waals surface area contributed by atoms with Crippen molar-refractivity contribution in [2.75, 3.05) is 6.54 Å². The minimum absolute atomic E-state index is 0.0765. The van der Waals surface area contributed by atoms with Gasteiger partial charge in [0.2, 0.25) is 0 Å². The molecule has 0 aliphatic carbocycles. The Bertz CT molecular complexity index is 805. The minimum atomic E-state index is 0.0765. The molecule has 22 heavy (non-hydrogen) atoms. The summed E-state index contributed by atoms with van der Waals surface area (Å²) in [7, 11) is 0. The van der Waals surface area contributed by atoms with Crippen molar-refractivity contribution in [2.24, 2.45) is 0 Å². The Morgan fingerprint density at radius 1 is 1.32 bits per heavy atom. The van der Waals surface area contributed by atoms with E-state index in [4.69, 9.17) is 0 Å². The third kappa shape index (κ3) is 3.43. The second kappa shape index (κ2) is 6.58. The van der Waals surface area contributed by atoms with Crippen molar-refractivity contribution in [1.29, 1.82) is 0 Å². The van der Waals surface area contributed by atoms with Gasteiger partial charge in [0.25, 0.3) is 0 Å². The van der Waals surface area contributed by atoms with Crippen LogP contribution in [0.15, 0.2) is 47.8 Å². The molecule has 0 bridgehead atoms. The van der Waals surface area contributed by atoms with Gasteiger partial charge in [-0.25, -0.2) is 4.98 Å². The molecule has 2 aromatic heterocycles. The highest BCUT2D eigenvalue weighted by Gasteiger charge is 2.02. The third-order valence-corrected chi connectivity index (χ3v) is 3.69. The van der Waals surface area contributed by atoms with Crippen molar-refractivity contribution in [1.82, 2.24) is 19.9 Å². The summed E-state index contributed by atoms with van der Waals surface area (Å²) in [6.45, 7) is 4.50. The molecule has 5 heteroatoms. The predicted molar refractivity (Wildman–Crippen MR) is 87.9 cm³/mol. The predicted octanol–water partition coefficient (Wildman–Crippen LogP) is 2.21. The van der Waals surface area contributed by atoms with E-state index in [1.165, 1.54) is 0 Å². The number of nitrogens with one attached hydrogen (secondary N) is 2. The molecule has 3 aromatic rings. The Kier molecular flexibility index (Phi) is 4.34. The van der Waals surface area contributed by atoms with E-state index in [0.717, 1.165) is 41.7 Å². The summed E-state index contributed by atoms with van der Waals surface area (Å²) in [5.41, 5.74) is 2.99. The molecule has 0 fully saturated rings. The van der Waals surface area contributed by atoms with Crippen LogP contribution in [0.4, 0.5) is 0 Å². The van der Waals surface area contributed by atoms with Gasteiger partial charge in [-0.1, -0.05) is 11.6 Å². The maximum absolute atomic E-state index is 12.1. The molecule has 5 nitrogen and oxygen atoms in total. The Hall–Kier alpha value is -2.40. The first-order valence-electron chi connectivity index (χ1n) is 7.51. The lowest BCUT2D eigenvalue weighted by Crippen LogP contribution is -2.18. The molecule has 0 amide bonds. The van der Waals surface area contributed by atoms with Gasteiger partial charge >= 0.3 is 0 Å². The van der Waals surface area contributed by atoms with E-state index in [2.05, 4.69) is 19.9 Å². The van der Waals surface area contributed by atoms with Gasteiger partial charge < -0.3 is 14.9 Å². The summed E-state index contributed by atoms with van der Waals surface area (Å²) in [5, 5.41) is 4.12. The Balaban J connectivity index is 1.57. The molecular weight excluding hydrogens is 276 g/mol. The van der Waals surface area contributed by atoms with Crippen molar-refractivity contribution in [2.45, 2.75) is 26.4 Å². The highest BCUT2D eigenvalue weighted by molar-refractivity contribution is 5.79. The van der Waals surface area contributed by atoms with Gasteiger partial charge in [-0.2, -0.15) is 0 Å². The standard InChI is InChI=1S/C17H20N4O/c1-13-3-4-16-15(9-13)17(22)10-14(20-16)11-18-5-2-7-21-8-6-19-12-21/h3-4,6,8-10,12,18H,2,5,7,11H2,1H3,(H,20,22). The zero-order valence-electron chi connectivity index (χ0n) is 12.7. The molecular formula is C17H20N4O. The molecule has 0 saturated carbocycles. The number of aromatic nitrogens is 3. The molecule has 114 valence electrons. The van der Waals surface area contributed by atoms with Gasteiger partial charge in [-0.3, -0.25) is 4.79 Å². The summed E-state index contributed by atoms with van der Waals surface area (Å²) in [4.78, 5) is 19.5. The first-order valence-corrected chi connectivity index (χ1v) is 7.51. The molecule has 2 N–H and O–H groups in total. The van der Waals surface area contributed by atoms with Crippen LogP contribution in [0.25, 0.3) is 10.9 Å². The van der Waals surface area contributed by atoms with Gasteiger partial charge in [-0.15, -0.1) is 0 Å². The maximum atomic E-state index is 12.1. The number of rotatable bonds is 6. The Morgan fingerprint density at radius 3 is 3.05 bits per heavy atom. The summed E-state index contributed by atoms with van der Waals surface area (Å²) >= 11 is 0. The lowest BCUT2D eigenvalue weighted by molar-refractivity contribution is 0.577. The first kappa shape index (κ1) is 14.5. The molecule has 0 aliphatic heterocycles. The van der Waals surface area contributed by atoms with Crippen LogP contribution in [0, 0.1) is 6.92 Å². The topological polar surface area (TPSA) is 62.7 Å². The smallest absolute Gasteiger partial charge is 0.189 e. The average Bonchev–Trinajstić information content (AvgIpc) is 3.01. The fraction of sp³-hybridized carbons (Fsp3) is 0.294. The maximum Gasteiger partial charge on any atom is 0.189 e. The summed E-state index contributed by atoms with van der Waals surface area (Å²) in [6.07, 6.45) is 6.59. The summed E-state index contributed by atoms with van der Waals surface area (Å²) < 4.78 is 2.06. The number of fused-ring (bicyclic) bond motifs is 1. The number of imidazole rings is 1. The van der Waals surface area contributed by atoms with Crippen LogP contribution in [-0.4, -0.2) is 21.1 Å². The van der Waals surface area contributed by atoms with Gasteiger partial charge in [0.15, 0.2) is 5.43 Å². The Morgan fingerprint density at radius 2 is 2.23 bits per heavy atom. The summed E-state index contributed by atoms with van der Waals surface area (Å²) in [5.74, 6) is 0. The van der Waals surface area contributed by atoms with Crippen molar-refractivity contribution in [3.05, 3.63) is 64.5 Å². The van der Waals surface area contributed by atoms with Crippen LogP contribution >= 0.6 is 0 Å². The SMILES string of the molecule is Cc1ccc2[nH]c(CNCCCn3ccnc3)cc(=O)c2c1. The fourth-order valence-electron chi connectivity index (χ4n) is 2.54. The first-order chi connectivity index (χ1) is 10.7. The lowest BCUT2D eigenvalue weighted by atomic mass is 10.1. The lowest BCUT2D eigenvalue weighted by Gasteiger charge is -2.07. The molecule has 0 spiro atoms. The normalized spacial score (nSPS) is 11.1. The highest BCUT2D eigenvalue weighted by atomic mass is 16.1. The quantitative estimate of drug-likeness (QED) is 0.686. The van der Waals surface area contributed by atoms with E-state index in [9.17, 15) is 4.79 Å². The zero-order valence-corrected chi connectivity index (χ0v) is 12.7. The minimum Gasteiger partial charge on any atom is -0.357 e. The van der Waals surface area contributed by atoms with Crippen molar-refractivity contribution >= 4 is 10.9 Å². The van der Waals surface area contributed by atoms with Gasteiger partial charge in [0.05, 0.1) is 6.33 Å². The van der Waals surface area contributed by atoms with Crippen LogP contribution in [0.2, 0.25) is 0 Å². The number of aryl methyl sites for hydroxylation is 2. The summed E-state index contributed by atoms with van der Waals surface area (Å²) in [6, 6.07) is 7.59. The van der Waals surface area contributed by atoms with Gasteiger partial charge in [-0.05, 0) is 32.0 Å². The number of hydrogen-bond acceptors (Lipinski definition) is 3. The second-order valence-corrected chi connectivity index (χ2v) is 5.54. The molecule has 0 saturated heterocycles. The largest absolute Gasteiger partial charge is 0.357 e. The average molecular weight is 296 g/mol. The van der Waals surface area contributed by atoms with Crippen molar-refractivity contribution in [3.8, 4) is 0 Å². The molecule has 0 radical (unpaired) electrons. The molecule has 1 aromatic carbocycles. The number of hydrogen-bond donors (Lipinski definition) is 2. The van der Waals surface area contributed by atoms with E-state index < -0.39 is 0 Å². The molecule has 3 rings (SSSR count). The van der Waals surface area contributed by atoms with E-state index in [1.807, 2.05) is 37.6 Å². The van der Waals surface area contributed by atoms with Gasteiger partial charge in [0.1, 0.15) is 0 Å². The van der Waals surface area contributed by atoms with E-state index in [1.54, 1.807) is 12.3 Å². The molecule has 0 unspecified atom stereocenters. The number of pyridine rings is 1. The van der Waals surface area contributed by atoms with Crippen LogP contribution in [0.1, 0.15) is 17.7 Å². The van der Waals surface area contributed by atoms with E-state index in [0.29, 0.717) is 6.54 Å². The number of nitrogens with zero attached hydrogens (tertiary/aromatic N) is 2. The molecule has 0 aliphatic rings. The molecule has 0 atom stereocenters. The molecule has 2 heterocycles. The fourth-order valence-corrected chi connectivity index (χ4v) is 2.54. The van der Waals surface area contributed by atoms with E-state index >= 15 is 0 Å². The Labute approximate surface area is 129 Å². The highest BCUT2D eigenvalue weighted by Crippen LogP contribution is 2.10. The number of aromatic amines is 1. The number of H-pyrrole nitrogens is 1. The van der Waals surface area contributed by atoms with Crippen LogP contribution in [-0.2, 0) is 13.1 Å². The monoisotopic (exact) mass is 296 g/mol. The van der Waals surface area contributed by atoms with Crippen LogP contribution in [0.5, 0.6) is 0 Å². The second-order valence-electron chi connectivity index (χ2n) is 5.54. The van der Waals surface area contributed by atoms with Crippen LogP contribution < -0.4 is 10.7 Å². The number of benzene rings is 1. The van der Waals surface area contributed by atoms with E-state index in [-0.39, 0.29) is 5.43 Å². The van der Waals surface area contributed by atoms with Crippen LogP contribution in [0.3, 0.4) is 0 Å².